The Hall–Kier alpha value is -2.95. The van der Waals surface area contributed by atoms with Crippen LogP contribution in [0.15, 0.2) is 53.5 Å². The highest BCUT2D eigenvalue weighted by atomic mass is 16.5. The monoisotopic (exact) mass is 296 g/mol. The van der Waals surface area contributed by atoms with Crippen LogP contribution >= 0.6 is 0 Å². The Morgan fingerprint density at radius 3 is 2.18 bits per heavy atom. The molecule has 5 heteroatoms. The fourth-order valence-corrected chi connectivity index (χ4v) is 1.81. The molecule has 0 fully saturated rings. The smallest absolute Gasteiger partial charge is 0.168 e. The number of ketones is 1. The molecule has 0 heterocycles. The predicted molar refractivity (Wildman–Crippen MR) is 80.9 cm³/mol. The van der Waals surface area contributed by atoms with Crippen molar-refractivity contribution in [1.82, 2.24) is 0 Å². The van der Waals surface area contributed by atoms with Crippen molar-refractivity contribution in [3.8, 4) is 5.75 Å². The number of carboxylic acids is 1. The lowest BCUT2D eigenvalue weighted by Gasteiger charge is -2.02. The van der Waals surface area contributed by atoms with Crippen LogP contribution in [0, 0.1) is 0 Å². The fourth-order valence-electron chi connectivity index (χ4n) is 1.81. The Labute approximate surface area is 127 Å². The zero-order valence-corrected chi connectivity index (χ0v) is 12.0. The molecule has 22 heavy (non-hydrogen) atoms. The van der Waals surface area contributed by atoms with Gasteiger partial charge in [-0.1, -0.05) is 12.1 Å². The van der Waals surface area contributed by atoms with E-state index < -0.39 is 5.97 Å². The van der Waals surface area contributed by atoms with Gasteiger partial charge in [-0.2, -0.15) is 0 Å². The second kappa shape index (κ2) is 7.17. The third kappa shape index (κ3) is 4.02. The number of rotatable bonds is 6. The molecule has 2 rings (SSSR count). The van der Waals surface area contributed by atoms with Gasteiger partial charge in [0.05, 0.1) is 18.8 Å². The van der Waals surface area contributed by atoms with Gasteiger partial charge in [0.2, 0.25) is 0 Å². The molecule has 0 saturated heterocycles. The largest absolute Gasteiger partial charge is 0.545 e. The van der Waals surface area contributed by atoms with Crippen LogP contribution in [0.2, 0.25) is 0 Å². The van der Waals surface area contributed by atoms with Crippen molar-refractivity contribution in [2.75, 3.05) is 7.11 Å². The van der Waals surface area contributed by atoms with Gasteiger partial charge in [-0.15, -0.1) is 0 Å². The van der Waals surface area contributed by atoms with E-state index in [2.05, 4.69) is 4.99 Å². The van der Waals surface area contributed by atoms with Crippen LogP contribution in [0.4, 0.5) is 5.69 Å². The van der Waals surface area contributed by atoms with Crippen molar-refractivity contribution >= 4 is 23.7 Å². The first kappa shape index (κ1) is 15.4. The topological polar surface area (TPSA) is 78.8 Å². The minimum atomic E-state index is -1.23. The Morgan fingerprint density at radius 2 is 1.64 bits per heavy atom. The molecular formula is C17H14NO4-. The number of carboxylic acid groups (broad SMARTS) is 1. The van der Waals surface area contributed by atoms with Crippen LogP contribution in [0.3, 0.4) is 0 Å². The molecule has 0 aliphatic carbocycles. The predicted octanol–water partition coefficient (Wildman–Crippen LogP) is 2.03. The minimum absolute atomic E-state index is 0.0576. The molecule has 2 aromatic rings. The number of aromatic carboxylic acids is 1. The number of carbonyl (C=O) groups is 2. The van der Waals surface area contributed by atoms with E-state index in [1.807, 2.05) is 0 Å². The van der Waals surface area contributed by atoms with Gasteiger partial charge >= 0.3 is 0 Å². The molecule has 0 N–H and O–H groups in total. The zero-order valence-electron chi connectivity index (χ0n) is 12.0. The molecule has 0 atom stereocenters. The van der Waals surface area contributed by atoms with E-state index in [9.17, 15) is 14.7 Å². The Morgan fingerprint density at radius 1 is 1.05 bits per heavy atom. The standard InChI is InChI=1S/C17H15NO4/c1-22-15-8-4-12(5-9-15)16(19)10-11-18-14-6-2-13(3-7-14)17(20)21/h2-9,11H,10H2,1H3,(H,20,21)/p-1. The number of benzene rings is 2. The molecule has 112 valence electrons. The van der Waals surface area contributed by atoms with Crippen LogP contribution in [0.5, 0.6) is 5.75 Å². The molecule has 5 nitrogen and oxygen atoms in total. The van der Waals surface area contributed by atoms with Gasteiger partial charge in [-0.3, -0.25) is 9.79 Å². The van der Waals surface area contributed by atoms with Crippen LogP contribution in [-0.4, -0.2) is 25.1 Å². The molecule has 0 amide bonds. The van der Waals surface area contributed by atoms with Crippen LogP contribution in [0.1, 0.15) is 27.1 Å². The van der Waals surface area contributed by atoms with Crippen LogP contribution < -0.4 is 9.84 Å². The van der Waals surface area contributed by atoms with E-state index in [1.165, 1.54) is 18.3 Å². The maximum absolute atomic E-state index is 12.0. The first-order valence-corrected chi connectivity index (χ1v) is 6.61. The Balaban J connectivity index is 1.96. The molecule has 0 radical (unpaired) electrons. The summed E-state index contributed by atoms with van der Waals surface area (Å²) in [6.07, 6.45) is 1.66. The van der Waals surface area contributed by atoms with E-state index in [4.69, 9.17) is 4.74 Å². The first-order chi connectivity index (χ1) is 10.6. The normalized spacial score (nSPS) is 10.6. The molecule has 2 aromatic carbocycles. The second-order valence-corrected chi connectivity index (χ2v) is 4.50. The fraction of sp³-hybridized carbons (Fsp3) is 0.118. The molecule has 0 spiro atoms. The van der Waals surface area contributed by atoms with Crippen molar-refractivity contribution in [3.05, 3.63) is 59.7 Å². The second-order valence-electron chi connectivity index (χ2n) is 4.50. The van der Waals surface area contributed by atoms with Crippen molar-refractivity contribution in [2.45, 2.75) is 6.42 Å². The summed E-state index contributed by atoms with van der Waals surface area (Å²) in [5, 5.41) is 10.6. The third-order valence-corrected chi connectivity index (χ3v) is 3.03. The maximum atomic E-state index is 12.0. The number of ether oxygens (including phenoxy) is 1. The van der Waals surface area contributed by atoms with Crippen molar-refractivity contribution in [1.29, 1.82) is 0 Å². The molecule has 0 saturated carbocycles. The summed E-state index contributed by atoms with van der Waals surface area (Å²) in [6, 6.07) is 12.8. The highest BCUT2D eigenvalue weighted by Crippen LogP contribution is 2.14. The minimum Gasteiger partial charge on any atom is -0.545 e. The average Bonchev–Trinajstić information content (AvgIpc) is 2.55. The number of hydrogen-bond donors (Lipinski definition) is 0. The summed E-state index contributed by atoms with van der Waals surface area (Å²) < 4.78 is 5.03. The van der Waals surface area contributed by atoms with Gasteiger partial charge in [0, 0.05) is 18.2 Å². The van der Waals surface area contributed by atoms with E-state index in [0.717, 1.165) is 0 Å². The molecule has 0 aromatic heterocycles. The van der Waals surface area contributed by atoms with Gasteiger partial charge < -0.3 is 14.6 Å². The SMILES string of the molecule is COc1ccc(C(=O)CC=Nc2ccc(C(=O)[O-])cc2)cc1. The summed E-state index contributed by atoms with van der Waals surface area (Å²) in [5.74, 6) is -0.596. The lowest BCUT2D eigenvalue weighted by molar-refractivity contribution is -0.255. The number of methoxy groups -OCH3 is 1. The van der Waals surface area contributed by atoms with Crippen molar-refractivity contribution in [2.24, 2.45) is 4.99 Å². The number of aliphatic imine (C=N–C) groups is 1. The number of nitrogens with zero attached hydrogens (tertiary/aromatic N) is 1. The zero-order chi connectivity index (χ0) is 15.9. The average molecular weight is 296 g/mol. The quantitative estimate of drug-likeness (QED) is 0.603. The highest BCUT2D eigenvalue weighted by Gasteiger charge is 2.04. The van der Waals surface area contributed by atoms with E-state index >= 15 is 0 Å². The molecule has 0 bridgehead atoms. The molecular weight excluding hydrogens is 282 g/mol. The molecule has 0 aliphatic heterocycles. The van der Waals surface area contributed by atoms with Gasteiger partial charge in [0.15, 0.2) is 5.78 Å². The first-order valence-electron chi connectivity index (χ1n) is 6.61. The summed E-state index contributed by atoms with van der Waals surface area (Å²) in [7, 11) is 1.56. The number of hydrogen-bond acceptors (Lipinski definition) is 5. The molecule has 0 aliphatic rings. The van der Waals surface area contributed by atoms with Crippen LogP contribution in [0.25, 0.3) is 0 Å². The van der Waals surface area contributed by atoms with Gasteiger partial charge in [-0.05, 0) is 42.0 Å². The third-order valence-electron chi connectivity index (χ3n) is 3.03. The Bertz CT molecular complexity index is 688. The van der Waals surface area contributed by atoms with E-state index in [0.29, 0.717) is 17.0 Å². The van der Waals surface area contributed by atoms with E-state index in [-0.39, 0.29) is 17.8 Å². The summed E-state index contributed by atoms with van der Waals surface area (Å²) >= 11 is 0. The number of carbonyl (C=O) groups excluding carboxylic acids is 2. The van der Waals surface area contributed by atoms with Gasteiger partial charge in [0.1, 0.15) is 5.75 Å². The van der Waals surface area contributed by atoms with Crippen molar-refractivity contribution in [3.63, 3.8) is 0 Å². The van der Waals surface area contributed by atoms with Crippen molar-refractivity contribution < 1.29 is 19.4 Å². The number of Topliss-reactive ketones (excluding diaryl/α,β-unsaturated/α-hetero) is 1. The lowest BCUT2D eigenvalue weighted by atomic mass is 10.1. The molecule has 0 unspecified atom stereocenters. The van der Waals surface area contributed by atoms with Crippen LogP contribution in [-0.2, 0) is 0 Å². The summed E-state index contributed by atoms with van der Waals surface area (Å²) in [5.41, 5.74) is 1.25. The van der Waals surface area contributed by atoms with Gasteiger partial charge in [-0.25, -0.2) is 0 Å². The van der Waals surface area contributed by atoms with E-state index in [1.54, 1.807) is 43.5 Å². The van der Waals surface area contributed by atoms with Gasteiger partial charge in [0.25, 0.3) is 0 Å². The highest BCUT2D eigenvalue weighted by molar-refractivity contribution is 6.03. The maximum Gasteiger partial charge on any atom is 0.168 e. The lowest BCUT2D eigenvalue weighted by Crippen LogP contribution is -2.21. The Kier molecular flexibility index (Phi) is 5.03. The summed E-state index contributed by atoms with van der Waals surface area (Å²) in [6.45, 7) is 0. The summed E-state index contributed by atoms with van der Waals surface area (Å²) in [4.78, 5) is 26.7.